The first kappa shape index (κ1) is 23.3. The molecule has 0 atom stereocenters. The van der Waals surface area contributed by atoms with E-state index in [1.165, 1.54) is 96.3 Å². The van der Waals surface area contributed by atoms with E-state index in [0.29, 0.717) is 0 Å². The van der Waals surface area contributed by atoms with Gasteiger partial charge in [0.05, 0.1) is 0 Å². The number of thiophene rings is 1. The first-order valence-corrected chi connectivity index (χ1v) is 15.7. The Morgan fingerprint density at radius 3 is 1.37 bits per heavy atom. The maximum Gasteiger partial charge on any atom is 0.0355 e. The van der Waals surface area contributed by atoms with Crippen molar-refractivity contribution >= 4 is 85.4 Å². The second kappa shape index (κ2) is 8.64. The quantitative estimate of drug-likeness (QED) is 0.146. The molecule has 0 aliphatic heterocycles. The molecular formula is C42H24S. The van der Waals surface area contributed by atoms with Crippen LogP contribution in [0.3, 0.4) is 0 Å². The van der Waals surface area contributed by atoms with Gasteiger partial charge in [-0.3, -0.25) is 0 Å². The molecule has 10 aromatic rings. The fourth-order valence-corrected chi connectivity index (χ4v) is 8.55. The lowest BCUT2D eigenvalue weighted by Gasteiger charge is -2.19. The van der Waals surface area contributed by atoms with E-state index in [4.69, 9.17) is 0 Å². The van der Waals surface area contributed by atoms with Gasteiger partial charge < -0.3 is 0 Å². The molecule has 0 bridgehead atoms. The number of hydrogen-bond acceptors (Lipinski definition) is 1. The topological polar surface area (TPSA) is 0 Å². The largest absolute Gasteiger partial charge is 0.135 e. The number of benzene rings is 9. The van der Waals surface area contributed by atoms with Crippen LogP contribution in [-0.2, 0) is 0 Å². The Balaban J connectivity index is 1.27. The maximum absolute atomic E-state index is 2.43. The summed E-state index contributed by atoms with van der Waals surface area (Å²) in [4.78, 5) is 0. The molecular weight excluding hydrogens is 537 g/mol. The van der Waals surface area contributed by atoms with Gasteiger partial charge in [-0.1, -0.05) is 109 Å². The molecule has 0 nitrogen and oxygen atoms in total. The van der Waals surface area contributed by atoms with Crippen molar-refractivity contribution < 1.29 is 0 Å². The molecule has 0 amide bonds. The molecule has 0 aliphatic carbocycles. The molecule has 1 heteroatoms. The average Bonchev–Trinajstić information content (AvgIpc) is 3.46. The highest BCUT2D eigenvalue weighted by molar-refractivity contribution is 7.25. The molecule has 0 unspecified atom stereocenters. The first-order valence-electron chi connectivity index (χ1n) is 14.8. The van der Waals surface area contributed by atoms with Crippen molar-refractivity contribution in [1.29, 1.82) is 0 Å². The molecule has 198 valence electrons. The van der Waals surface area contributed by atoms with Crippen LogP contribution in [0, 0.1) is 0 Å². The molecule has 0 spiro atoms. The summed E-state index contributed by atoms with van der Waals surface area (Å²) in [6.07, 6.45) is 0. The summed E-state index contributed by atoms with van der Waals surface area (Å²) in [5, 5.41) is 16.0. The van der Waals surface area contributed by atoms with Gasteiger partial charge in [0.2, 0.25) is 0 Å². The smallest absolute Gasteiger partial charge is 0.0355 e. The Labute approximate surface area is 252 Å². The lowest BCUT2D eigenvalue weighted by molar-refractivity contribution is 1.63. The van der Waals surface area contributed by atoms with Gasteiger partial charge in [-0.2, -0.15) is 0 Å². The lowest BCUT2D eigenvalue weighted by atomic mass is 9.84. The Morgan fingerprint density at radius 1 is 0.256 bits per heavy atom. The summed E-state index contributed by atoms with van der Waals surface area (Å²) >= 11 is 1.87. The Morgan fingerprint density at radius 2 is 0.698 bits per heavy atom. The maximum atomic E-state index is 2.43. The van der Waals surface area contributed by atoms with Crippen LogP contribution in [0.15, 0.2) is 146 Å². The molecule has 0 saturated carbocycles. The van der Waals surface area contributed by atoms with E-state index >= 15 is 0 Å². The summed E-state index contributed by atoms with van der Waals surface area (Å²) in [6.45, 7) is 0. The van der Waals surface area contributed by atoms with Crippen molar-refractivity contribution in [3.63, 3.8) is 0 Å². The number of fused-ring (bicyclic) bond motifs is 9. The second-order valence-electron chi connectivity index (χ2n) is 11.7. The third-order valence-electron chi connectivity index (χ3n) is 9.37. The van der Waals surface area contributed by atoms with Gasteiger partial charge in [-0.15, -0.1) is 11.3 Å². The molecule has 9 aromatic carbocycles. The van der Waals surface area contributed by atoms with E-state index in [1.54, 1.807) is 0 Å². The van der Waals surface area contributed by atoms with Crippen molar-refractivity contribution in [2.24, 2.45) is 0 Å². The Bertz CT molecular complexity index is 2620. The van der Waals surface area contributed by atoms with Gasteiger partial charge in [0, 0.05) is 20.2 Å². The fraction of sp³-hybridized carbons (Fsp3) is 0. The minimum absolute atomic E-state index is 1.24. The standard InChI is InChI=1S/C42H24S/c1-3-13-31-29(11-1)34-16-8-17-35-30-12-2-4-14-32(30)38-24-28(23-37(31)42(38)41(34)35)26-10-7-9-25(21-26)27-19-20-40-36(22-27)33-15-5-6-18-39(33)43-40/h1-24H. The van der Waals surface area contributed by atoms with Crippen LogP contribution in [0.5, 0.6) is 0 Å². The van der Waals surface area contributed by atoms with Crippen molar-refractivity contribution in [3.8, 4) is 22.3 Å². The van der Waals surface area contributed by atoms with E-state index < -0.39 is 0 Å². The van der Waals surface area contributed by atoms with Crippen LogP contribution in [0.2, 0.25) is 0 Å². The lowest BCUT2D eigenvalue weighted by Crippen LogP contribution is -1.91. The Kier molecular flexibility index (Phi) is 4.69. The molecule has 0 fully saturated rings. The average molecular weight is 561 g/mol. The van der Waals surface area contributed by atoms with Gasteiger partial charge in [0.15, 0.2) is 0 Å². The van der Waals surface area contributed by atoms with Crippen LogP contribution in [0.1, 0.15) is 0 Å². The SMILES string of the molecule is c1cc(-c2ccc3sc4ccccc4c3c2)cc(-c2cc3c4ccccc4c4cccc5c6ccccc6c(c2)c3c45)c1. The van der Waals surface area contributed by atoms with Crippen LogP contribution in [-0.4, -0.2) is 0 Å². The number of rotatable bonds is 2. The van der Waals surface area contributed by atoms with E-state index in [-0.39, 0.29) is 0 Å². The summed E-state index contributed by atoms with van der Waals surface area (Å²) in [5.41, 5.74) is 5.00. The van der Waals surface area contributed by atoms with Gasteiger partial charge in [-0.25, -0.2) is 0 Å². The molecule has 10 rings (SSSR count). The molecule has 43 heavy (non-hydrogen) atoms. The molecule has 1 aromatic heterocycles. The van der Waals surface area contributed by atoms with Crippen LogP contribution in [0.25, 0.3) is 96.3 Å². The van der Waals surface area contributed by atoms with E-state index in [2.05, 4.69) is 146 Å². The van der Waals surface area contributed by atoms with Crippen LogP contribution in [0.4, 0.5) is 0 Å². The van der Waals surface area contributed by atoms with Gasteiger partial charge in [0.1, 0.15) is 0 Å². The molecule has 1 heterocycles. The highest BCUT2D eigenvalue weighted by atomic mass is 32.1. The van der Waals surface area contributed by atoms with Crippen molar-refractivity contribution in [2.45, 2.75) is 0 Å². The minimum atomic E-state index is 1.24. The molecule has 0 N–H and O–H groups in total. The third-order valence-corrected chi connectivity index (χ3v) is 10.5. The van der Waals surface area contributed by atoms with Gasteiger partial charge >= 0.3 is 0 Å². The summed E-state index contributed by atoms with van der Waals surface area (Å²) in [6, 6.07) is 54.3. The highest BCUT2D eigenvalue weighted by Crippen LogP contribution is 2.46. The molecule has 0 saturated heterocycles. The fourth-order valence-electron chi connectivity index (χ4n) is 7.46. The normalized spacial score (nSPS) is 12.2. The predicted molar refractivity (Wildman–Crippen MR) is 189 cm³/mol. The van der Waals surface area contributed by atoms with Gasteiger partial charge in [0.25, 0.3) is 0 Å². The summed E-state index contributed by atoms with van der Waals surface area (Å²) in [5.74, 6) is 0. The zero-order chi connectivity index (χ0) is 28.1. The third kappa shape index (κ3) is 3.26. The summed E-state index contributed by atoms with van der Waals surface area (Å²) in [7, 11) is 0. The molecule has 0 radical (unpaired) electrons. The van der Waals surface area contributed by atoms with Crippen molar-refractivity contribution in [3.05, 3.63) is 146 Å². The minimum Gasteiger partial charge on any atom is -0.135 e. The summed E-state index contributed by atoms with van der Waals surface area (Å²) < 4.78 is 2.68. The van der Waals surface area contributed by atoms with Crippen LogP contribution < -0.4 is 0 Å². The first-order chi connectivity index (χ1) is 21.3. The number of hydrogen-bond donors (Lipinski definition) is 0. The highest BCUT2D eigenvalue weighted by Gasteiger charge is 2.18. The van der Waals surface area contributed by atoms with Crippen molar-refractivity contribution in [1.82, 2.24) is 0 Å². The predicted octanol–water partition coefficient (Wildman–Crippen LogP) is 12.6. The zero-order valence-electron chi connectivity index (χ0n) is 23.3. The van der Waals surface area contributed by atoms with Gasteiger partial charge in [-0.05, 0) is 113 Å². The van der Waals surface area contributed by atoms with Crippen molar-refractivity contribution in [2.75, 3.05) is 0 Å². The zero-order valence-corrected chi connectivity index (χ0v) is 24.1. The van der Waals surface area contributed by atoms with E-state index in [9.17, 15) is 0 Å². The monoisotopic (exact) mass is 560 g/mol. The van der Waals surface area contributed by atoms with E-state index in [1.807, 2.05) is 11.3 Å². The second-order valence-corrected chi connectivity index (χ2v) is 12.7. The molecule has 0 aliphatic rings. The van der Waals surface area contributed by atoms with E-state index in [0.717, 1.165) is 0 Å². The van der Waals surface area contributed by atoms with Crippen LogP contribution >= 0.6 is 11.3 Å². The Hall–Kier alpha value is -5.24.